The number of carbonyl (C=O) groups excluding carboxylic acids is 1. The maximum Gasteiger partial charge on any atom is 0.219 e. The van der Waals surface area contributed by atoms with Crippen molar-refractivity contribution in [3.63, 3.8) is 0 Å². The Hall–Kier alpha value is -4.82. The number of aromatic nitrogens is 1. The highest BCUT2D eigenvalue weighted by atomic mass is 35.5. The average Bonchev–Trinajstić information content (AvgIpc) is 3.14. The molecule has 0 spiro atoms. The van der Waals surface area contributed by atoms with Crippen LogP contribution in [-0.4, -0.2) is 53.9 Å². The van der Waals surface area contributed by atoms with E-state index in [0.29, 0.717) is 40.6 Å². The molecule has 7 nitrogen and oxygen atoms in total. The molecule has 0 bridgehead atoms. The van der Waals surface area contributed by atoms with Gasteiger partial charge < -0.3 is 19.1 Å². The first-order chi connectivity index (χ1) is 24.8. The van der Waals surface area contributed by atoms with Crippen LogP contribution in [-0.2, 0) is 24.4 Å². The van der Waals surface area contributed by atoms with Crippen molar-refractivity contribution in [3.05, 3.63) is 153 Å². The Morgan fingerprint density at radius 3 is 2.24 bits per heavy atom. The third-order valence-corrected chi connectivity index (χ3v) is 9.54. The molecular formula is C42H41Cl2N3O4. The van der Waals surface area contributed by atoms with Crippen molar-refractivity contribution in [1.29, 1.82) is 0 Å². The Balaban J connectivity index is 1.01. The van der Waals surface area contributed by atoms with Crippen LogP contribution in [0.1, 0.15) is 33.4 Å². The van der Waals surface area contributed by atoms with Crippen LogP contribution in [0.2, 0.25) is 10.0 Å². The van der Waals surface area contributed by atoms with E-state index < -0.39 is 0 Å². The van der Waals surface area contributed by atoms with Gasteiger partial charge in [-0.25, -0.2) is 4.98 Å². The van der Waals surface area contributed by atoms with Gasteiger partial charge in [0, 0.05) is 73.1 Å². The van der Waals surface area contributed by atoms with E-state index in [-0.39, 0.29) is 0 Å². The topological polar surface area (TPSA) is 64.1 Å². The summed E-state index contributed by atoms with van der Waals surface area (Å²) in [6.07, 6.45) is 4.93. The third-order valence-electron chi connectivity index (χ3n) is 8.88. The van der Waals surface area contributed by atoms with Crippen LogP contribution in [0.3, 0.4) is 0 Å². The van der Waals surface area contributed by atoms with E-state index in [0.717, 1.165) is 73.6 Å². The SMILES string of the molecule is Cc1ccc(OCCc2ccc(CN3CCN(/C(=C/C=O)c4cc(Cl)c(Oc5ccc(OCc6ccccc6Cl)cn5)cc4C)CC3)cc2)cc1. The number of rotatable bonds is 14. The molecule has 6 rings (SSSR count). The summed E-state index contributed by atoms with van der Waals surface area (Å²) in [7, 11) is 0. The van der Waals surface area contributed by atoms with E-state index in [1.54, 1.807) is 24.4 Å². The minimum atomic E-state index is 0.333. The second-order valence-corrected chi connectivity index (χ2v) is 13.4. The molecule has 1 aliphatic rings. The van der Waals surface area contributed by atoms with Crippen LogP contribution in [0.4, 0.5) is 0 Å². The van der Waals surface area contributed by atoms with E-state index in [1.165, 1.54) is 16.7 Å². The van der Waals surface area contributed by atoms with E-state index in [1.807, 2.05) is 55.5 Å². The first-order valence-electron chi connectivity index (χ1n) is 17.1. The summed E-state index contributed by atoms with van der Waals surface area (Å²) in [5.74, 6) is 2.36. The number of ether oxygens (including phenoxy) is 3. The Labute approximate surface area is 310 Å². The fraction of sp³-hybridized carbons (Fsp3) is 0.238. The van der Waals surface area contributed by atoms with Gasteiger partial charge in [0.2, 0.25) is 5.88 Å². The molecule has 2 heterocycles. The van der Waals surface area contributed by atoms with Crippen molar-refractivity contribution in [3.8, 4) is 23.1 Å². The zero-order chi connectivity index (χ0) is 35.6. The zero-order valence-electron chi connectivity index (χ0n) is 28.9. The number of benzene rings is 4. The van der Waals surface area contributed by atoms with Gasteiger partial charge >= 0.3 is 0 Å². The monoisotopic (exact) mass is 721 g/mol. The van der Waals surface area contributed by atoms with E-state index in [9.17, 15) is 4.79 Å². The molecule has 1 aliphatic heterocycles. The predicted octanol–water partition coefficient (Wildman–Crippen LogP) is 9.36. The lowest BCUT2D eigenvalue weighted by Crippen LogP contribution is -2.45. The summed E-state index contributed by atoms with van der Waals surface area (Å²) >= 11 is 13.0. The minimum absolute atomic E-state index is 0.333. The van der Waals surface area contributed by atoms with Crippen molar-refractivity contribution in [1.82, 2.24) is 14.8 Å². The van der Waals surface area contributed by atoms with Gasteiger partial charge in [0.05, 0.1) is 17.8 Å². The Morgan fingerprint density at radius 1 is 0.804 bits per heavy atom. The fourth-order valence-electron chi connectivity index (χ4n) is 5.98. The first kappa shape index (κ1) is 36.0. The number of halogens is 2. The Kier molecular flexibility index (Phi) is 12.3. The molecule has 0 aliphatic carbocycles. The summed E-state index contributed by atoms with van der Waals surface area (Å²) in [5.41, 5.74) is 7.34. The van der Waals surface area contributed by atoms with Crippen LogP contribution >= 0.6 is 23.2 Å². The van der Waals surface area contributed by atoms with Crippen molar-refractivity contribution in [2.24, 2.45) is 0 Å². The normalized spacial score (nSPS) is 13.6. The summed E-state index contributed by atoms with van der Waals surface area (Å²) in [6.45, 7) is 9.25. The highest BCUT2D eigenvalue weighted by Crippen LogP contribution is 2.35. The predicted molar refractivity (Wildman–Crippen MR) is 204 cm³/mol. The van der Waals surface area contributed by atoms with Crippen LogP contribution in [0.5, 0.6) is 23.1 Å². The Morgan fingerprint density at radius 2 is 1.53 bits per heavy atom. The maximum absolute atomic E-state index is 11.8. The van der Waals surface area contributed by atoms with Gasteiger partial charge in [-0.3, -0.25) is 9.69 Å². The molecule has 5 aromatic rings. The molecule has 1 aromatic heterocycles. The lowest BCUT2D eigenvalue weighted by molar-refractivity contribution is -0.104. The first-order valence-corrected chi connectivity index (χ1v) is 17.8. The molecule has 0 amide bonds. The molecule has 4 aromatic carbocycles. The molecule has 0 radical (unpaired) electrons. The van der Waals surface area contributed by atoms with Crippen LogP contribution in [0.15, 0.2) is 109 Å². The van der Waals surface area contributed by atoms with Crippen LogP contribution in [0, 0.1) is 13.8 Å². The van der Waals surface area contributed by atoms with Crippen molar-refractivity contribution in [2.45, 2.75) is 33.4 Å². The molecule has 51 heavy (non-hydrogen) atoms. The van der Waals surface area contributed by atoms with Gasteiger partial charge in [0.15, 0.2) is 0 Å². The second kappa shape index (κ2) is 17.4. The van der Waals surface area contributed by atoms with E-state index >= 15 is 0 Å². The molecule has 0 N–H and O–H groups in total. The standard InChI is InChI=1S/C42H41Cl2N3O4/c1-30-7-13-35(14-8-30)49-24-18-32-9-11-33(12-10-32)28-46-19-21-47(22-20-46)40(17-23-48)37-26-39(44)41(25-31(37)2)51-42-16-15-36(27-45-42)50-29-34-5-3-4-6-38(34)43/h3-17,23,25-27H,18-22,24,28-29H2,1-2H3/b40-17+. The molecule has 1 saturated heterocycles. The van der Waals surface area contributed by atoms with Gasteiger partial charge in [0.25, 0.3) is 0 Å². The van der Waals surface area contributed by atoms with E-state index in [2.05, 4.69) is 58.1 Å². The number of aryl methyl sites for hydroxylation is 2. The number of aldehydes is 1. The van der Waals surface area contributed by atoms with Crippen molar-refractivity contribution >= 4 is 35.2 Å². The van der Waals surface area contributed by atoms with Gasteiger partial charge in [-0.2, -0.15) is 0 Å². The molecule has 262 valence electrons. The minimum Gasteiger partial charge on any atom is -0.493 e. The quantitative estimate of drug-likeness (QED) is 0.0837. The zero-order valence-corrected chi connectivity index (χ0v) is 30.4. The van der Waals surface area contributed by atoms with Gasteiger partial charge in [-0.15, -0.1) is 0 Å². The number of piperazine rings is 1. The lowest BCUT2D eigenvalue weighted by atomic mass is 10.0. The van der Waals surface area contributed by atoms with Crippen LogP contribution < -0.4 is 14.2 Å². The number of hydrogen-bond donors (Lipinski definition) is 0. The molecule has 1 fully saturated rings. The number of hydrogen-bond acceptors (Lipinski definition) is 7. The number of pyridine rings is 1. The summed E-state index contributed by atoms with van der Waals surface area (Å²) in [6, 6.07) is 31.8. The lowest BCUT2D eigenvalue weighted by Gasteiger charge is -2.37. The highest BCUT2D eigenvalue weighted by Gasteiger charge is 2.22. The number of carbonyl (C=O) groups is 1. The van der Waals surface area contributed by atoms with Gasteiger partial charge in [0.1, 0.15) is 30.1 Å². The molecule has 9 heteroatoms. The molecule has 0 atom stereocenters. The molecular weight excluding hydrogens is 681 g/mol. The highest BCUT2D eigenvalue weighted by molar-refractivity contribution is 6.32. The Bertz CT molecular complexity index is 1940. The molecule has 0 unspecified atom stereocenters. The summed E-state index contributed by atoms with van der Waals surface area (Å²) < 4.78 is 17.8. The average molecular weight is 723 g/mol. The van der Waals surface area contributed by atoms with Crippen LogP contribution in [0.25, 0.3) is 5.70 Å². The maximum atomic E-state index is 11.8. The van der Waals surface area contributed by atoms with Gasteiger partial charge in [-0.05, 0) is 66.9 Å². The molecule has 0 saturated carbocycles. The fourth-order valence-corrected chi connectivity index (χ4v) is 6.37. The van der Waals surface area contributed by atoms with Crippen molar-refractivity contribution in [2.75, 3.05) is 32.8 Å². The summed E-state index contributed by atoms with van der Waals surface area (Å²) in [5, 5.41) is 1.08. The summed E-state index contributed by atoms with van der Waals surface area (Å²) in [4.78, 5) is 20.9. The van der Waals surface area contributed by atoms with Gasteiger partial charge in [-0.1, -0.05) is 83.4 Å². The smallest absolute Gasteiger partial charge is 0.219 e. The van der Waals surface area contributed by atoms with Crippen molar-refractivity contribution < 1.29 is 19.0 Å². The largest absolute Gasteiger partial charge is 0.493 e. The second-order valence-electron chi connectivity index (χ2n) is 12.6. The third kappa shape index (κ3) is 9.91. The number of nitrogens with zero attached hydrogens (tertiary/aromatic N) is 3. The number of allylic oxidation sites excluding steroid dienone is 1. The van der Waals surface area contributed by atoms with E-state index in [4.69, 9.17) is 37.4 Å².